The third-order valence-corrected chi connectivity index (χ3v) is 1.84. The molecule has 0 amide bonds. The molecule has 11 heavy (non-hydrogen) atoms. The van der Waals surface area contributed by atoms with Gasteiger partial charge in [0.25, 0.3) is 0 Å². The summed E-state index contributed by atoms with van der Waals surface area (Å²) in [6.45, 7) is 9.48. The van der Waals surface area contributed by atoms with E-state index in [1.54, 1.807) is 6.08 Å². The van der Waals surface area contributed by atoms with Crippen molar-refractivity contribution in [3.63, 3.8) is 0 Å². The predicted octanol–water partition coefficient (Wildman–Crippen LogP) is 2.87. The van der Waals surface area contributed by atoms with Crippen LogP contribution in [0.4, 0.5) is 0 Å². The van der Waals surface area contributed by atoms with E-state index >= 15 is 0 Å². The van der Waals surface area contributed by atoms with Gasteiger partial charge in [-0.25, -0.2) is 0 Å². The first-order chi connectivity index (χ1) is 5.27. The molecule has 1 rings (SSSR count). The van der Waals surface area contributed by atoms with Gasteiger partial charge in [0.2, 0.25) is 0 Å². The smallest absolute Gasteiger partial charge is 0.0654 e. The predicted molar refractivity (Wildman–Crippen MR) is 49.8 cm³/mol. The largest absolute Gasteiger partial charge is 0.258 e. The Bertz CT molecular complexity index is 244. The van der Waals surface area contributed by atoms with Crippen LogP contribution in [0.3, 0.4) is 0 Å². The second-order valence-electron chi connectivity index (χ2n) is 2.67. The Morgan fingerprint density at radius 3 is 2.55 bits per heavy atom. The first-order valence-electron chi connectivity index (χ1n) is 3.80. The van der Waals surface area contributed by atoms with Gasteiger partial charge in [-0.15, -0.1) is 0 Å². The molecule has 0 unspecified atom stereocenters. The highest BCUT2D eigenvalue weighted by Crippen LogP contribution is 2.20. The molecule has 0 N–H and O–H groups in total. The Hall–Kier alpha value is -1.11. The third kappa shape index (κ3) is 1.67. The minimum Gasteiger partial charge on any atom is -0.258 e. The molecule has 1 aliphatic heterocycles. The van der Waals surface area contributed by atoms with E-state index in [1.165, 1.54) is 11.3 Å². The molecule has 1 heteroatoms. The first kappa shape index (κ1) is 7.99. The Morgan fingerprint density at radius 1 is 1.27 bits per heavy atom. The maximum absolute atomic E-state index is 4.36. The highest BCUT2D eigenvalue weighted by molar-refractivity contribution is 5.84. The third-order valence-electron chi connectivity index (χ3n) is 1.84. The lowest BCUT2D eigenvalue weighted by atomic mass is 10.0. The zero-order valence-electron chi connectivity index (χ0n) is 6.93. The van der Waals surface area contributed by atoms with Crippen LogP contribution in [0.2, 0.25) is 0 Å². The van der Waals surface area contributed by atoms with Gasteiger partial charge >= 0.3 is 0 Å². The molecule has 0 aliphatic carbocycles. The maximum Gasteiger partial charge on any atom is 0.0654 e. The molecule has 0 aromatic rings. The molecule has 58 valence electrons. The van der Waals surface area contributed by atoms with Gasteiger partial charge in [-0.05, 0) is 31.4 Å². The van der Waals surface area contributed by atoms with Gasteiger partial charge in [0.15, 0.2) is 0 Å². The van der Waals surface area contributed by atoms with Crippen LogP contribution in [0.15, 0.2) is 41.6 Å². The molecule has 0 aromatic carbocycles. The summed E-state index contributed by atoms with van der Waals surface area (Å²) in [5.74, 6) is 0. The summed E-state index contributed by atoms with van der Waals surface area (Å²) in [7, 11) is 0. The molecule has 0 bridgehead atoms. The Kier molecular flexibility index (Phi) is 2.42. The van der Waals surface area contributed by atoms with Crippen LogP contribution in [-0.2, 0) is 0 Å². The van der Waals surface area contributed by atoms with Gasteiger partial charge in [-0.2, -0.15) is 0 Å². The van der Waals surface area contributed by atoms with Gasteiger partial charge < -0.3 is 0 Å². The lowest BCUT2D eigenvalue weighted by Crippen LogP contribution is -2.00. The Balaban J connectivity index is 3.01. The summed E-state index contributed by atoms with van der Waals surface area (Å²) >= 11 is 0. The van der Waals surface area contributed by atoms with Crippen molar-refractivity contribution < 1.29 is 0 Å². The van der Waals surface area contributed by atoms with Crippen molar-refractivity contribution in [3.8, 4) is 0 Å². The quantitative estimate of drug-likeness (QED) is 0.569. The van der Waals surface area contributed by atoms with E-state index in [0.717, 1.165) is 18.5 Å². The molecule has 1 heterocycles. The fourth-order valence-corrected chi connectivity index (χ4v) is 1.16. The number of aliphatic imine (C=N–C) groups is 1. The second kappa shape index (κ2) is 3.33. The Labute approximate surface area is 67.8 Å². The van der Waals surface area contributed by atoms with Crippen molar-refractivity contribution >= 4 is 5.71 Å². The molecule has 0 fully saturated rings. The van der Waals surface area contributed by atoms with E-state index in [9.17, 15) is 0 Å². The summed E-state index contributed by atoms with van der Waals surface area (Å²) in [4.78, 5) is 4.36. The highest BCUT2D eigenvalue weighted by atomic mass is 14.8. The van der Waals surface area contributed by atoms with Crippen LogP contribution in [0, 0.1) is 0 Å². The lowest BCUT2D eigenvalue weighted by Gasteiger charge is -2.11. The van der Waals surface area contributed by atoms with Gasteiger partial charge in [0, 0.05) is 5.71 Å². The van der Waals surface area contributed by atoms with Crippen LogP contribution < -0.4 is 0 Å². The average Bonchev–Trinajstić information content (AvgIpc) is 2.04. The summed E-state index contributed by atoms with van der Waals surface area (Å²) in [5.41, 5.74) is 3.39. The van der Waals surface area contributed by atoms with Crippen molar-refractivity contribution in [2.45, 2.75) is 19.8 Å². The molecular weight excluding hydrogens is 134 g/mol. The number of allylic oxidation sites excluding steroid dienone is 3. The van der Waals surface area contributed by atoms with Gasteiger partial charge in [0.1, 0.15) is 0 Å². The summed E-state index contributed by atoms with van der Waals surface area (Å²) in [5, 5.41) is 0. The van der Waals surface area contributed by atoms with Gasteiger partial charge in [-0.3, -0.25) is 4.99 Å². The SMILES string of the molecule is C=CC1=C(C=C)N=C(C)CC1. The van der Waals surface area contributed by atoms with E-state index in [-0.39, 0.29) is 0 Å². The normalized spacial score (nSPS) is 17.7. The maximum atomic E-state index is 4.36. The highest BCUT2D eigenvalue weighted by Gasteiger charge is 2.06. The van der Waals surface area contributed by atoms with Crippen molar-refractivity contribution in [2.75, 3.05) is 0 Å². The molecule has 0 atom stereocenters. The minimum atomic E-state index is 0.990. The number of rotatable bonds is 2. The lowest BCUT2D eigenvalue weighted by molar-refractivity contribution is 0.982. The standard InChI is InChI=1S/C10H13N/c1-4-9-7-6-8(3)11-10(9)5-2/h4-5H,1-2,6-7H2,3H3. The fraction of sp³-hybridized carbons (Fsp3) is 0.300. The van der Waals surface area contributed by atoms with Crippen LogP contribution in [0.1, 0.15) is 19.8 Å². The van der Waals surface area contributed by atoms with Crippen molar-refractivity contribution in [1.29, 1.82) is 0 Å². The van der Waals surface area contributed by atoms with E-state index < -0.39 is 0 Å². The molecular formula is C10H13N. The fourth-order valence-electron chi connectivity index (χ4n) is 1.16. The molecule has 1 aliphatic rings. The molecule has 0 saturated carbocycles. The molecule has 1 nitrogen and oxygen atoms in total. The topological polar surface area (TPSA) is 12.4 Å². The molecule has 0 radical (unpaired) electrons. The van der Waals surface area contributed by atoms with E-state index in [1.807, 2.05) is 13.0 Å². The van der Waals surface area contributed by atoms with E-state index in [2.05, 4.69) is 18.2 Å². The van der Waals surface area contributed by atoms with Crippen LogP contribution >= 0.6 is 0 Å². The van der Waals surface area contributed by atoms with Crippen molar-refractivity contribution in [1.82, 2.24) is 0 Å². The van der Waals surface area contributed by atoms with Gasteiger partial charge in [-0.1, -0.05) is 19.2 Å². The number of hydrogen-bond donors (Lipinski definition) is 0. The van der Waals surface area contributed by atoms with Crippen LogP contribution in [-0.4, -0.2) is 5.71 Å². The monoisotopic (exact) mass is 147 g/mol. The number of nitrogens with zero attached hydrogens (tertiary/aromatic N) is 1. The summed E-state index contributed by atoms with van der Waals surface area (Å²) in [6, 6.07) is 0. The molecule has 0 aromatic heterocycles. The van der Waals surface area contributed by atoms with Crippen molar-refractivity contribution in [3.05, 3.63) is 36.6 Å². The molecule has 0 spiro atoms. The Morgan fingerprint density at radius 2 is 2.00 bits per heavy atom. The van der Waals surface area contributed by atoms with E-state index in [0.29, 0.717) is 0 Å². The number of hydrogen-bond acceptors (Lipinski definition) is 1. The summed E-state index contributed by atoms with van der Waals surface area (Å²) < 4.78 is 0. The zero-order chi connectivity index (χ0) is 8.27. The first-order valence-corrected chi connectivity index (χ1v) is 3.80. The van der Waals surface area contributed by atoms with E-state index in [4.69, 9.17) is 0 Å². The summed E-state index contributed by atoms with van der Waals surface area (Å²) in [6.07, 6.45) is 5.77. The van der Waals surface area contributed by atoms with Crippen LogP contribution in [0.5, 0.6) is 0 Å². The zero-order valence-corrected chi connectivity index (χ0v) is 6.93. The minimum absolute atomic E-state index is 0.990. The molecule has 0 saturated heterocycles. The van der Waals surface area contributed by atoms with Gasteiger partial charge in [0.05, 0.1) is 5.70 Å². The second-order valence-corrected chi connectivity index (χ2v) is 2.67. The van der Waals surface area contributed by atoms with Crippen LogP contribution in [0.25, 0.3) is 0 Å². The average molecular weight is 147 g/mol. The van der Waals surface area contributed by atoms with Crippen molar-refractivity contribution in [2.24, 2.45) is 4.99 Å².